The second-order valence-corrected chi connectivity index (χ2v) is 15.0. The average molecular weight is 641 g/mol. The van der Waals surface area contributed by atoms with Crippen molar-refractivity contribution in [3.63, 3.8) is 0 Å². The first-order valence-electron chi connectivity index (χ1n) is 14.4. The molecule has 2 amide bonds. The number of ether oxygens (including phenoxy) is 1. The van der Waals surface area contributed by atoms with Gasteiger partial charge in [0.2, 0.25) is 5.91 Å². The number of primary amides is 1. The molecule has 1 saturated heterocycles. The number of aliphatic hydroxyl groups excluding tert-OH is 1. The summed E-state index contributed by atoms with van der Waals surface area (Å²) in [5.41, 5.74) is 5.52. The third kappa shape index (κ3) is 5.94. The van der Waals surface area contributed by atoms with Gasteiger partial charge in [0.25, 0.3) is 5.91 Å². The maximum atomic E-state index is 14.4. The predicted octanol–water partition coefficient (Wildman–Crippen LogP) is 3.48. The first kappa shape index (κ1) is 31.9. The minimum absolute atomic E-state index is 0.0999. The second-order valence-electron chi connectivity index (χ2n) is 10.6. The van der Waals surface area contributed by atoms with E-state index in [1.54, 1.807) is 0 Å². The van der Waals surface area contributed by atoms with E-state index in [0.717, 1.165) is 27.3 Å². The van der Waals surface area contributed by atoms with Gasteiger partial charge in [-0.2, -0.15) is 0 Å². The summed E-state index contributed by atoms with van der Waals surface area (Å²) in [4.78, 5) is 55.8. The van der Waals surface area contributed by atoms with Gasteiger partial charge < -0.3 is 20.5 Å². The maximum Gasteiger partial charge on any atom is 0.356 e. The zero-order chi connectivity index (χ0) is 32.1. The Hall–Kier alpha value is -4.56. The van der Waals surface area contributed by atoms with Crippen LogP contribution in [-0.4, -0.2) is 57.7 Å². The average Bonchev–Trinajstić information content (AvgIpc) is 3.56. The maximum absolute atomic E-state index is 14.4. The van der Waals surface area contributed by atoms with Crippen molar-refractivity contribution in [3.05, 3.63) is 126 Å². The molecule has 3 atom stereocenters. The number of carbonyl (C=O) groups is 4. The summed E-state index contributed by atoms with van der Waals surface area (Å²) >= 11 is 0.967. The van der Waals surface area contributed by atoms with Gasteiger partial charge in [-0.25, -0.2) is 4.79 Å². The van der Waals surface area contributed by atoms with Gasteiger partial charge in [-0.3, -0.25) is 14.4 Å². The van der Waals surface area contributed by atoms with Gasteiger partial charge in [-0.15, -0.1) is 11.3 Å². The summed E-state index contributed by atoms with van der Waals surface area (Å²) in [6.07, 6.45) is 0.157. The molecule has 1 aromatic heterocycles. The van der Waals surface area contributed by atoms with E-state index in [1.165, 1.54) is 30.0 Å². The minimum atomic E-state index is -3.18. The fourth-order valence-corrected chi connectivity index (χ4v) is 11.1. The van der Waals surface area contributed by atoms with Crippen LogP contribution in [0.15, 0.2) is 116 Å². The second kappa shape index (κ2) is 13.6. The van der Waals surface area contributed by atoms with Gasteiger partial charge in [-0.1, -0.05) is 104 Å². The van der Waals surface area contributed by atoms with E-state index in [0.29, 0.717) is 4.88 Å². The van der Waals surface area contributed by atoms with E-state index in [9.17, 15) is 24.3 Å². The lowest BCUT2D eigenvalue weighted by Crippen LogP contribution is -2.68. The lowest BCUT2D eigenvalue weighted by atomic mass is 9.80. The Morgan fingerprint density at radius 2 is 1.40 bits per heavy atom. The van der Waals surface area contributed by atoms with Gasteiger partial charge in [0.05, 0.1) is 27.8 Å². The molecule has 3 aromatic carbocycles. The number of likely N-dealkylation sites (tertiary alicyclic amines) is 1. The van der Waals surface area contributed by atoms with Crippen LogP contribution in [0.25, 0.3) is 0 Å². The molecule has 230 valence electrons. The van der Waals surface area contributed by atoms with Gasteiger partial charge in [-0.05, 0) is 35.0 Å². The highest BCUT2D eigenvalue weighted by Crippen LogP contribution is 2.50. The number of benzene rings is 3. The topological polar surface area (TPSA) is 127 Å². The van der Waals surface area contributed by atoms with Gasteiger partial charge >= 0.3 is 5.97 Å². The number of hydrogen-bond donors (Lipinski definition) is 2. The number of rotatable bonds is 12. The Labute approximate surface area is 265 Å². The van der Waals surface area contributed by atoms with E-state index in [4.69, 9.17) is 10.5 Å². The molecule has 8 nitrogen and oxygen atoms in total. The fourth-order valence-electron chi connectivity index (χ4n) is 5.85. The molecule has 5 rings (SSSR count). The van der Waals surface area contributed by atoms with Crippen molar-refractivity contribution in [1.29, 1.82) is 0 Å². The van der Waals surface area contributed by atoms with Crippen molar-refractivity contribution in [3.8, 4) is 0 Å². The van der Waals surface area contributed by atoms with Gasteiger partial charge in [0, 0.05) is 13.3 Å². The first-order chi connectivity index (χ1) is 21.7. The van der Waals surface area contributed by atoms with Crippen LogP contribution >= 0.6 is 18.2 Å². The third-order valence-corrected chi connectivity index (χ3v) is 13.2. The van der Waals surface area contributed by atoms with E-state index >= 15 is 0 Å². The number of nitrogens with zero attached hydrogens (tertiary/aromatic N) is 1. The molecule has 1 fully saturated rings. The standard InChI is InChI=1S/C35H33N2O6PS/c1-3-21-43-35(42)34(37-27(31(23(2)38)33(37)41)22-28(39)29-19-20-30(45-29)32(36)40)44(24-13-7-4-8-14-24,25-15-9-5-10-16-25)26-17-11-6-12-18-26/h3-20,23,27,31,38H,1,21-22H2,2H3,(H2,36,40)/t23-,27-,31-/m1/s1. The van der Waals surface area contributed by atoms with E-state index in [1.807, 2.05) is 91.0 Å². The quantitative estimate of drug-likeness (QED) is 0.0803. The lowest BCUT2D eigenvalue weighted by Gasteiger charge is -2.50. The molecule has 0 aliphatic carbocycles. The van der Waals surface area contributed by atoms with E-state index < -0.39 is 42.7 Å². The molecule has 0 spiro atoms. The SMILES string of the molecule is C=CCOC(=O)C(N1C(=O)[C@H]([C@@H](C)O)[C@H]1CC(=O)c1ccc(C(N)=O)s1)=P(c1ccccc1)(c1ccccc1)c1ccccc1. The Balaban J connectivity index is 1.83. The number of carbonyl (C=O) groups excluding carboxylic acids is 4. The number of amides is 2. The van der Waals surface area contributed by atoms with Crippen molar-refractivity contribution < 1.29 is 29.0 Å². The summed E-state index contributed by atoms with van der Waals surface area (Å²) in [7, 11) is 0. The molecule has 10 heteroatoms. The largest absolute Gasteiger partial charge is 0.457 e. The Morgan fingerprint density at radius 1 is 0.911 bits per heavy atom. The van der Waals surface area contributed by atoms with E-state index in [2.05, 4.69) is 6.58 Å². The summed E-state index contributed by atoms with van der Waals surface area (Å²) in [6.45, 7) is 1.91. The fraction of sp³-hybridized carbons (Fsp3) is 0.171. The lowest BCUT2D eigenvalue weighted by molar-refractivity contribution is -0.157. The third-order valence-electron chi connectivity index (χ3n) is 7.80. The predicted molar refractivity (Wildman–Crippen MR) is 179 cm³/mol. The molecular weight excluding hydrogens is 607 g/mol. The van der Waals surface area contributed by atoms with Crippen LogP contribution in [0.2, 0.25) is 0 Å². The van der Waals surface area contributed by atoms with Crippen molar-refractivity contribution >= 4 is 63.1 Å². The molecule has 4 aromatic rings. The molecule has 0 radical (unpaired) electrons. The van der Waals surface area contributed by atoms with Crippen molar-refractivity contribution in [2.24, 2.45) is 11.7 Å². The van der Waals surface area contributed by atoms with Crippen LogP contribution in [0.5, 0.6) is 0 Å². The van der Waals surface area contributed by atoms with Gasteiger partial charge in [0.15, 0.2) is 5.78 Å². The first-order valence-corrected chi connectivity index (χ1v) is 17.0. The van der Waals surface area contributed by atoms with Crippen LogP contribution in [0.3, 0.4) is 0 Å². The normalized spacial score (nSPS) is 16.8. The molecule has 45 heavy (non-hydrogen) atoms. The Bertz CT molecular complexity index is 1680. The van der Waals surface area contributed by atoms with Gasteiger partial charge in [0.1, 0.15) is 12.0 Å². The summed E-state index contributed by atoms with van der Waals surface area (Å²) in [5.74, 6) is -3.14. The van der Waals surface area contributed by atoms with Crippen molar-refractivity contribution in [2.45, 2.75) is 25.5 Å². The highest BCUT2D eigenvalue weighted by molar-refractivity contribution is 7.96. The van der Waals surface area contributed by atoms with Crippen LogP contribution in [0.1, 0.15) is 32.7 Å². The molecule has 0 bridgehead atoms. The summed E-state index contributed by atoms with van der Waals surface area (Å²) in [5, 5.41) is 13.2. The Kier molecular flexibility index (Phi) is 9.63. The number of ketones is 1. The number of nitrogens with two attached hydrogens (primary N) is 1. The number of thiophene rings is 1. The molecule has 1 aliphatic heterocycles. The van der Waals surface area contributed by atoms with Crippen molar-refractivity contribution in [2.75, 3.05) is 6.61 Å². The number of hydrogen-bond acceptors (Lipinski definition) is 7. The summed E-state index contributed by atoms with van der Waals surface area (Å²) in [6, 6.07) is 30.7. The zero-order valence-electron chi connectivity index (χ0n) is 24.6. The van der Waals surface area contributed by atoms with Crippen molar-refractivity contribution in [1.82, 2.24) is 4.90 Å². The molecule has 0 unspecified atom stereocenters. The molecule has 1 aliphatic rings. The molecule has 3 N–H and O–H groups in total. The van der Waals surface area contributed by atoms with Crippen LogP contribution < -0.4 is 21.6 Å². The van der Waals surface area contributed by atoms with Crippen LogP contribution in [-0.2, 0) is 14.3 Å². The van der Waals surface area contributed by atoms with E-state index in [-0.39, 0.29) is 29.1 Å². The molecular formula is C35H33N2O6PS. The highest BCUT2D eigenvalue weighted by Gasteiger charge is 2.55. The minimum Gasteiger partial charge on any atom is -0.457 e. The zero-order valence-corrected chi connectivity index (χ0v) is 26.3. The van der Waals surface area contributed by atoms with Crippen LogP contribution in [0.4, 0.5) is 0 Å². The summed E-state index contributed by atoms with van der Waals surface area (Å²) < 4.78 is 5.74. The monoisotopic (exact) mass is 640 g/mol. The Morgan fingerprint density at radius 3 is 1.82 bits per heavy atom. The molecule has 0 saturated carbocycles. The highest BCUT2D eigenvalue weighted by atomic mass is 32.1. The van der Waals surface area contributed by atoms with Crippen LogP contribution in [0, 0.1) is 5.92 Å². The molecule has 2 heterocycles. The number of β-lactam (4-membered cyclic amide) rings is 1. The number of aliphatic hydroxyl groups is 1. The number of esters is 1. The smallest absolute Gasteiger partial charge is 0.356 e. The number of Topliss-reactive ketones (excluding diaryl/α,β-unsaturated/α-hetero) is 1.